The highest BCUT2D eigenvalue weighted by molar-refractivity contribution is 5.85. The van der Waals surface area contributed by atoms with Gasteiger partial charge in [0.25, 0.3) is 5.56 Å². The SMILES string of the molecule is Cc1c(-c2ncon2)c(=O)n(C2CCCC2)c2nc(Nc3ccc(N4CCNCC4)cn3)ncc12. The van der Waals surface area contributed by atoms with Crippen molar-refractivity contribution in [1.82, 2.24) is 35.0 Å². The van der Waals surface area contributed by atoms with Crippen LogP contribution in [-0.2, 0) is 0 Å². The zero-order chi connectivity index (χ0) is 23.8. The second-order valence-corrected chi connectivity index (χ2v) is 9.06. The minimum absolute atomic E-state index is 0.0791. The number of nitrogens with one attached hydrogen (secondary N) is 2. The Morgan fingerprint density at radius 3 is 2.63 bits per heavy atom. The summed E-state index contributed by atoms with van der Waals surface area (Å²) in [5, 5.41) is 11.3. The van der Waals surface area contributed by atoms with Gasteiger partial charge in [-0.2, -0.15) is 9.97 Å². The van der Waals surface area contributed by atoms with E-state index in [1.807, 2.05) is 19.2 Å². The zero-order valence-electron chi connectivity index (χ0n) is 19.6. The predicted octanol–water partition coefficient (Wildman–Crippen LogP) is 2.81. The van der Waals surface area contributed by atoms with Crippen LogP contribution in [0.2, 0.25) is 0 Å². The molecule has 4 aromatic rings. The van der Waals surface area contributed by atoms with Gasteiger partial charge in [0.1, 0.15) is 11.5 Å². The summed E-state index contributed by atoms with van der Waals surface area (Å²) in [5.74, 6) is 1.34. The summed E-state index contributed by atoms with van der Waals surface area (Å²) in [6.45, 7) is 5.75. The number of piperazine rings is 1. The maximum atomic E-state index is 13.7. The molecule has 11 nitrogen and oxygen atoms in total. The summed E-state index contributed by atoms with van der Waals surface area (Å²) < 4.78 is 6.73. The molecule has 11 heteroatoms. The van der Waals surface area contributed by atoms with Gasteiger partial charge in [0.2, 0.25) is 18.2 Å². The van der Waals surface area contributed by atoms with Gasteiger partial charge in [0.15, 0.2) is 0 Å². The number of nitrogens with zero attached hydrogens (tertiary/aromatic N) is 7. The van der Waals surface area contributed by atoms with Crippen LogP contribution in [0.4, 0.5) is 17.5 Å². The molecule has 0 aromatic carbocycles. The van der Waals surface area contributed by atoms with Crippen LogP contribution in [0.1, 0.15) is 37.3 Å². The second-order valence-electron chi connectivity index (χ2n) is 9.06. The molecule has 1 saturated heterocycles. The van der Waals surface area contributed by atoms with Gasteiger partial charge in [-0.1, -0.05) is 18.0 Å². The summed E-state index contributed by atoms with van der Waals surface area (Å²) >= 11 is 0. The van der Waals surface area contributed by atoms with Crippen molar-refractivity contribution in [2.75, 3.05) is 36.4 Å². The van der Waals surface area contributed by atoms with Crippen LogP contribution in [0.25, 0.3) is 22.4 Å². The average molecular weight is 474 g/mol. The van der Waals surface area contributed by atoms with Crippen LogP contribution in [0, 0.1) is 6.92 Å². The largest absolute Gasteiger partial charge is 0.368 e. The first-order valence-electron chi connectivity index (χ1n) is 12.1. The van der Waals surface area contributed by atoms with Crippen molar-refractivity contribution in [2.24, 2.45) is 0 Å². The molecular weight excluding hydrogens is 446 g/mol. The first-order chi connectivity index (χ1) is 17.2. The highest BCUT2D eigenvalue weighted by Gasteiger charge is 2.26. The third-order valence-corrected chi connectivity index (χ3v) is 6.95. The van der Waals surface area contributed by atoms with Gasteiger partial charge in [-0.05, 0) is 37.5 Å². The third-order valence-electron chi connectivity index (χ3n) is 6.95. The number of hydrogen-bond donors (Lipinski definition) is 2. The lowest BCUT2D eigenvalue weighted by Crippen LogP contribution is -2.43. The molecule has 35 heavy (non-hydrogen) atoms. The third kappa shape index (κ3) is 4.01. The van der Waals surface area contributed by atoms with Crippen LogP contribution in [0.3, 0.4) is 0 Å². The Labute approximate surface area is 201 Å². The Bertz CT molecular complexity index is 1390. The Kier molecular flexibility index (Phi) is 5.61. The maximum Gasteiger partial charge on any atom is 0.263 e. The van der Waals surface area contributed by atoms with Crippen molar-refractivity contribution < 1.29 is 4.52 Å². The molecule has 0 radical (unpaired) electrons. The zero-order valence-corrected chi connectivity index (χ0v) is 19.6. The van der Waals surface area contributed by atoms with Gasteiger partial charge in [-0.3, -0.25) is 9.36 Å². The van der Waals surface area contributed by atoms with Crippen LogP contribution in [0.5, 0.6) is 0 Å². The first-order valence-corrected chi connectivity index (χ1v) is 12.1. The fourth-order valence-corrected chi connectivity index (χ4v) is 5.12. The van der Waals surface area contributed by atoms with E-state index in [0.717, 1.165) is 68.5 Å². The molecular formula is C24H27N9O2. The van der Waals surface area contributed by atoms with Crippen LogP contribution < -0.4 is 21.1 Å². The number of aromatic nitrogens is 6. The number of aryl methyl sites for hydroxylation is 1. The second kappa shape index (κ2) is 9.06. The molecule has 0 unspecified atom stereocenters. The van der Waals surface area contributed by atoms with Crippen molar-refractivity contribution in [3.8, 4) is 11.4 Å². The van der Waals surface area contributed by atoms with E-state index in [1.165, 1.54) is 6.39 Å². The molecule has 5 heterocycles. The molecule has 1 aliphatic carbocycles. The van der Waals surface area contributed by atoms with Gasteiger partial charge in [-0.15, -0.1) is 0 Å². The smallest absolute Gasteiger partial charge is 0.263 e. The maximum absolute atomic E-state index is 13.7. The molecule has 6 rings (SSSR count). The summed E-state index contributed by atoms with van der Waals surface area (Å²) in [7, 11) is 0. The number of pyridine rings is 2. The summed E-state index contributed by atoms with van der Waals surface area (Å²) in [6, 6.07) is 4.06. The van der Waals surface area contributed by atoms with Crippen LogP contribution >= 0.6 is 0 Å². The van der Waals surface area contributed by atoms with E-state index in [2.05, 4.69) is 41.7 Å². The number of fused-ring (bicyclic) bond motifs is 1. The number of hydrogen-bond acceptors (Lipinski definition) is 10. The van der Waals surface area contributed by atoms with Gasteiger partial charge in [0.05, 0.1) is 17.4 Å². The molecule has 2 fully saturated rings. The van der Waals surface area contributed by atoms with E-state index in [0.29, 0.717) is 23.0 Å². The molecule has 0 amide bonds. The summed E-state index contributed by atoms with van der Waals surface area (Å²) in [6.07, 6.45) is 8.90. The Morgan fingerprint density at radius 2 is 1.91 bits per heavy atom. The standard InChI is InChI=1S/C24H27N9O2/c1-15-18-13-27-24(29-19-7-6-17(12-26-19)32-10-8-25-9-11-32)30-22(18)33(16-4-2-3-5-16)23(34)20(15)21-28-14-35-31-21/h6-7,12-14,16,25H,2-5,8-11H2,1H3,(H,26,27,29,30). The lowest BCUT2D eigenvalue weighted by atomic mass is 10.1. The lowest BCUT2D eigenvalue weighted by Gasteiger charge is -2.29. The summed E-state index contributed by atoms with van der Waals surface area (Å²) in [5.41, 5.74) is 2.74. The number of rotatable bonds is 5. The van der Waals surface area contributed by atoms with Crippen LogP contribution in [-0.4, -0.2) is 55.8 Å². The highest BCUT2D eigenvalue weighted by Crippen LogP contribution is 2.33. The van der Waals surface area contributed by atoms with Crippen molar-refractivity contribution in [2.45, 2.75) is 38.6 Å². The fourth-order valence-electron chi connectivity index (χ4n) is 5.12. The van der Waals surface area contributed by atoms with E-state index in [9.17, 15) is 4.79 Å². The molecule has 2 N–H and O–H groups in total. The van der Waals surface area contributed by atoms with Crippen LogP contribution in [0.15, 0.2) is 40.2 Å². The molecule has 4 aromatic heterocycles. The van der Waals surface area contributed by atoms with Gasteiger partial charge < -0.3 is 20.1 Å². The fraction of sp³-hybridized carbons (Fsp3) is 0.417. The lowest BCUT2D eigenvalue weighted by molar-refractivity contribution is 0.418. The minimum atomic E-state index is -0.147. The molecule has 0 spiro atoms. The van der Waals surface area contributed by atoms with Crippen molar-refractivity contribution in [1.29, 1.82) is 0 Å². The molecule has 1 aliphatic heterocycles. The van der Waals surface area contributed by atoms with E-state index in [1.54, 1.807) is 10.8 Å². The monoisotopic (exact) mass is 473 g/mol. The van der Waals surface area contributed by atoms with Gasteiger partial charge >= 0.3 is 0 Å². The molecule has 2 aliphatic rings. The summed E-state index contributed by atoms with van der Waals surface area (Å²) in [4.78, 5) is 34.0. The van der Waals surface area contributed by atoms with Gasteiger partial charge in [0, 0.05) is 43.8 Å². The van der Waals surface area contributed by atoms with E-state index >= 15 is 0 Å². The first kappa shape index (κ1) is 21.7. The Balaban J connectivity index is 1.38. The molecule has 0 atom stereocenters. The molecule has 0 bridgehead atoms. The average Bonchev–Trinajstić information content (AvgIpc) is 3.61. The Hall–Kier alpha value is -3.86. The molecule has 1 saturated carbocycles. The predicted molar refractivity (Wildman–Crippen MR) is 132 cm³/mol. The normalized spacial score (nSPS) is 16.8. The van der Waals surface area contributed by atoms with E-state index in [4.69, 9.17) is 9.51 Å². The quantitative estimate of drug-likeness (QED) is 0.447. The van der Waals surface area contributed by atoms with Crippen molar-refractivity contribution >= 4 is 28.5 Å². The minimum Gasteiger partial charge on any atom is -0.368 e. The van der Waals surface area contributed by atoms with E-state index in [-0.39, 0.29) is 17.4 Å². The van der Waals surface area contributed by atoms with Crippen molar-refractivity contribution in [3.63, 3.8) is 0 Å². The number of anilines is 3. The topological polar surface area (TPSA) is 127 Å². The van der Waals surface area contributed by atoms with Crippen molar-refractivity contribution in [3.05, 3.63) is 46.8 Å². The highest BCUT2D eigenvalue weighted by atomic mass is 16.5. The molecule has 180 valence electrons. The van der Waals surface area contributed by atoms with Gasteiger partial charge in [-0.25, -0.2) is 9.97 Å². The Morgan fingerprint density at radius 1 is 1.09 bits per heavy atom. The van der Waals surface area contributed by atoms with E-state index < -0.39 is 0 Å².